The van der Waals surface area contributed by atoms with Crippen LogP contribution in [-0.4, -0.2) is 25.5 Å². The van der Waals surface area contributed by atoms with E-state index in [4.69, 9.17) is 4.42 Å². The SMILES string of the molecule is Cc1ccccc1-n1cnnc1SCCCc1nc2ccccc2o1. The van der Waals surface area contributed by atoms with Gasteiger partial charge >= 0.3 is 0 Å². The van der Waals surface area contributed by atoms with Gasteiger partial charge in [-0.2, -0.15) is 0 Å². The summed E-state index contributed by atoms with van der Waals surface area (Å²) < 4.78 is 7.80. The van der Waals surface area contributed by atoms with Crippen molar-refractivity contribution >= 4 is 22.9 Å². The van der Waals surface area contributed by atoms with Crippen molar-refractivity contribution in [2.45, 2.75) is 24.9 Å². The largest absolute Gasteiger partial charge is 0.441 e. The first-order valence-corrected chi connectivity index (χ1v) is 9.23. The smallest absolute Gasteiger partial charge is 0.195 e. The number of thioether (sulfide) groups is 1. The molecule has 126 valence electrons. The average Bonchev–Trinajstić information content (AvgIpc) is 3.25. The standard InChI is InChI=1S/C19H18N4OS/c1-14-7-2-4-9-16(14)23-13-20-22-19(23)25-12-6-11-18-21-15-8-3-5-10-17(15)24-18/h2-5,7-10,13H,6,11-12H2,1H3. The molecule has 4 rings (SSSR count). The molecule has 6 heteroatoms. The van der Waals surface area contributed by atoms with Gasteiger partial charge in [-0.1, -0.05) is 42.1 Å². The molecular weight excluding hydrogens is 332 g/mol. The number of hydrogen-bond donors (Lipinski definition) is 0. The van der Waals surface area contributed by atoms with Gasteiger partial charge in [0.05, 0.1) is 5.69 Å². The maximum atomic E-state index is 5.76. The van der Waals surface area contributed by atoms with E-state index in [0.717, 1.165) is 46.4 Å². The molecule has 0 aliphatic rings. The first kappa shape index (κ1) is 15.9. The summed E-state index contributed by atoms with van der Waals surface area (Å²) in [4.78, 5) is 4.51. The fraction of sp³-hybridized carbons (Fsp3) is 0.211. The molecule has 0 bridgehead atoms. The van der Waals surface area contributed by atoms with E-state index < -0.39 is 0 Å². The summed E-state index contributed by atoms with van der Waals surface area (Å²) in [7, 11) is 0. The molecule has 0 N–H and O–H groups in total. The summed E-state index contributed by atoms with van der Waals surface area (Å²) >= 11 is 1.70. The molecule has 2 aromatic heterocycles. The van der Waals surface area contributed by atoms with Crippen LogP contribution in [-0.2, 0) is 6.42 Å². The van der Waals surface area contributed by atoms with Gasteiger partial charge in [0, 0.05) is 12.2 Å². The number of rotatable bonds is 6. The van der Waals surface area contributed by atoms with Crippen molar-refractivity contribution in [1.82, 2.24) is 19.7 Å². The highest BCUT2D eigenvalue weighted by atomic mass is 32.2. The van der Waals surface area contributed by atoms with Crippen LogP contribution in [0.2, 0.25) is 0 Å². The molecule has 2 heterocycles. The Labute approximate surface area is 150 Å². The van der Waals surface area contributed by atoms with Crippen LogP contribution in [0.25, 0.3) is 16.8 Å². The van der Waals surface area contributed by atoms with E-state index in [9.17, 15) is 0 Å². The van der Waals surface area contributed by atoms with E-state index in [-0.39, 0.29) is 0 Å². The Bertz CT molecular complexity index is 959. The second kappa shape index (κ2) is 7.11. The lowest BCUT2D eigenvalue weighted by Crippen LogP contribution is -1.98. The molecule has 0 saturated heterocycles. The Hall–Kier alpha value is -2.60. The third kappa shape index (κ3) is 3.44. The van der Waals surface area contributed by atoms with E-state index in [2.05, 4.69) is 34.2 Å². The van der Waals surface area contributed by atoms with Gasteiger partial charge in [0.1, 0.15) is 11.8 Å². The van der Waals surface area contributed by atoms with Crippen LogP contribution in [0.3, 0.4) is 0 Å². The quantitative estimate of drug-likeness (QED) is 0.380. The van der Waals surface area contributed by atoms with E-state index >= 15 is 0 Å². The highest BCUT2D eigenvalue weighted by molar-refractivity contribution is 7.99. The lowest BCUT2D eigenvalue weighted by molar-refractivity contribution is 0.526. The second-order valence-corrected chi connectivity index (χ2v) is 6.86. The summed E-state index contributed by atoms with van der Waals surface area (Å²) in [5.41, 5.74) is 4.10. The van der Waals surface area contributed by atoms with Gasteiger partial charge in [-0.25, -0.2) is 4.98 Å². The lowest BCUT2D eigenvalue weighted by Gasteiger charge is -2.08. The molecule has 0 aliphatic carbocycles. The summed E-state index contributed by atoms with van der Waals surface area (Å²) in [6.45, 7) is 2.09. The van der Waals surface area contributed by atoms with Gasteiger partial charge in [-0.3, -0.25) is 4.57 Å². The van der Waals surface area contributed by atoms with Crippen molar-refractivity contribution < 1.29 is 4.42 Å². The van der Waals surface area contributed by atoms with Crippen LogP contribution in [0.5, 0.6) is 0 Å². The maximum Gasteiger partial charge on any atom is 0.195 e. The molecule has 0 unspecified atom stereocenters. The number of aryl methyl sites for hydroxylation is 2. The van der Waals surface area contributed by atoms with Crippen LogP contribution < -0.4 is 0 Å². The van der Waals surface area contributed by atoms with Gasteiger partial charge in [-0.15, -0.1) is 10.2 Å². The van der Waals surface area contributed by atoms with Crippen molar-refractivity contribution in [3.05, 3.63) is 66.3 Å². The summed E-state index contributed by atoms with van der Waals surface area (Å²) in [6, 6.07) is 16.1. The fourth-order valence-corrected chi connectivity index (χ4v) is 3.60. The molecule has 2 aromatic carbocycles. The number of hydrogen-bond acceptors (Lipinski definition) is 5. The van der Waals surface area contributed by atoms with Gasteiger partial charge in [0.2, 0.25) is 0 Å². The molecule has 0 radical (unpaired) electrons. The van der Waals surface area contributed by atoms with E-state index in [1.807, 2.05) is 41.0 Å². The minimum absolute atomic E-state index is 0.794. The number of fused-ring (bicyclic) bond motifs is 1. The monoisotopic (exact) mass is 350 g/mol. The van der Waals surface area contributed by atoms with Crippen molar-refractivity contribution in [3.8, 4) is 5.69 Å². The minimum atomic E-state index is 0.794. The highest BCUT2D eigenvalue weighted by Crippen LogP contribution is 2.23. The Morgan fingerprint density at radius 3 is 2.80 bits per heavy atom. The third-order valence-corrected chi connectivity index (χ3v) is 5.03. The van der Waals surface area contributed by atoms with Gasteiger partial charge in [0.15, 0.2) is 16.6 Å². The first-order chi connectivity index (χ1) is 12.3. The molecule has 0 aliphatic heterocycles. The number of oxazole rings is 1. The number of benzene rings is 2. The zero-order valence-electron chi connectivity index (χ0n) is 13.9. The Kier molecular flexibility index (Phi) is 4.52. The fourth-order valence-electron chi connectivity index (χ4n) is 2.74. The lowest BCUT2D eigenvalue weighted by atomic mass is 10.2. The minimum Gasteiger partial charge on any atom is -0.441 e. The van der Waals surface area contributed by atoms with Crippen molar-refractivity contribution in [2.24, 2.45) is 0 Å². The predicted molar refractivity (Wildman–Crippen MR) is 99.2 cm³/mol. The molecule has 4 aromatic rings. The number of para-hydroxylation sites is 3. The predicted octanol–water partition coefficient (Wildman–Crippen LogP) is 4.44. The Morgan fingerprint density at radius 2 is 1.92 bits per heavy atom. The van der Waals surface area contributed by atoms with Crippen LogP contribution in [0.1, 0.15) is 17.9 Å². The highest BCUT2D eigenvalue weighted by Gasteiger charge is 2.10. The van der Waals surface area contributed by atoms with Gasteiger partial charge in [0.25, 0.3) is 0 Å². The van der Waals surface area contributed by atoms with Crippen LogP contribution >= 0.6 is 11.8 Å². The zero-order valence-corrected chi connectivity index (χ0v) is 14.7. The summed E-state index contributed by atoms with van der Waals surface area (Å²) in [5, 5.41) is 9.23. The van der Waals surface area contributed by atoms with E-state index in [0.29, 0.717) is 0 Å². The molecule has 0 atom stereocenters. The Balaban J connectivity index is 1.38. The molecule has 0 spiro atoms. The zero-order chi connectivity index (χ0) is 17.1. The third-order valence-electron chi connectivity index (χ3n) is 4.00. The normalized spacial score (nSPS) is 11.2. The van der Waals surface area contributed by atoms with Crippen molar-refractivity contribution in [1.29, 1.82) is 0 Å². The van der Waals surface area contributed by atoms with E-state index in [1.54, 1.807) is 18.1 Å². The molecule has 5 nitrogen and oxygen atoms in total. The topological polar surface area (TPSA) is 56.7 Å². The number of nitrogens with zero attached hydrogens (tertiary/aromatic N) is 4. The summed E-state index contributed by atoms with van der Waals surface area (Å²) in [5.74, 6) is 1.73. The average molecular weight is 350 g/mol. The van der Waals surface area contributed by atoms with Crippen molar-refractivity contribution in [2.75, 3.05) is 5.75 Å². The van der Waals surface area contributed by atoms with Crippen LogP contribution in [0, 0.1) is 6.92 Å². The van der Waals surface area contributed by atoms with Gasteiger partial charge < -0.3 is 4.42 Å². The van der Waals surface area contributed by atoms with Crippen LogP contribution in [0.4, 0.5) is 0 Å². The second-order valence-electron chi connectivity index (χ2n) is 5.80. The summed E-state index contributed by atoms with van der Waals surface area (Å²) in [6.07, 6.45) is 3.56. The van der Waals surface area contributed by atoms with Crippen LogP contribution in [0.15, 0.2) is 64.4 Å². The molecule has 0 amide bonds. The number of aromatic nitrogens is 4. The molecule has 0 saturated carbocycles. The molecule has 25 heavy (non-hydrogen) atoms. The van der Waals surface area contributed by atoms with E-state index in [1.165, 1.54) is 5.56 Å². The molecule has 0 fully saturated rings. The van der Waals surface area contributed by atoms with Crippen molar-refractivity contribution in [3.63, 3.8) is 0 Å². The first-order valence-electron chi connectivity index (χ1n) is 8.24. The maximum absolute atomic E-state index is 5.76. The van der Waals surface area contributed by atoms with Gasteiger partial charge in [-0.05, 0) is 37.1 Å². The Morgan fingerprint density at radius 1 is 1.08 bits per heavy atom. The molecular formula is C19H18N4OS.